The standard InChI is InChI=1S/C24H23N3O4/c1-27(22-20(23(28)29)11-6-12-25-22)14-13-26-24(30)31-15-21-18-9-4-2-7-16(18)17-8-3-5-10-19(17)21/h2-12,21H,13-15H2,1H3,(H,26,30)(H,28,29). The number of hydrogen-bond acceptors (Lipinski definition) is 5. The molecule has 0 fully saturated rings. The number of pyridine rings is 1. The zero-order chi connectivity index (χ0) is 21.8. The van der Waals surface area contributed by atoms with E-state index in [2.05, 4.69) is 34.6 Å². The van der Waals surface area contributed by atoms with Crippen LogP contribution in [0.3, 0.4) is 0 Å². The zero-order valence-corrected chi connectivity index (χ0v) is 17.1. The number of aromatic carboxylic acids is 1. The Hall–Kier alpha value is -3.87. The van der Waals surface area contributed by atoms with Crippen molar-refractivity contribution in [1.82, 2.24) is 10.3 Å². The van der Waals surface area contributed by atoms with Crippen LogP contribution in [0.25, 0.3) is 11.1 Å². The van der Waals surface area contributed by atoms with Crippen molar-refractivity contribution in [2.45, 2.75) is 5.92 Å². The number of rotatable bonds is 7. The van der Waals surface area contributed by atoms with Gasteiger partial charge in [-0.2, -0.15) is 0 Å². The van der Waals surface area contributed by atoms with Gasteiger partial charge in [-0.25, -0.2) is 14.6 Å². The van der Waals surface area contributed by atoms with Crippen LogP contribution < -0.4 is 10.2 Å². The molecule has 1 aromatic heterocycles. The van der Waals surface area contributed by atoms with Crippen LogP contribution >= 0.6 is 0 Å². The molecular formula is C24H23N3O4. The van der Waals surface area contributed by atoms with Crippen LogP contribution in [0.15, 0.2) is 66.9 Å². The fourth-order valence-corrected chi connectivity index (χ4v) is 3.95. The average Bonchev–Trinajstić information content (AvgIpc) is 3.11. The maximum Gasteiger partial charge on any atom is 0.407 e. The van der Waals surface area contributed by atoms with Crippen LogP contribution in [-0.4, -0.2) is 48.9 Å². The number of aromatic nitrogens is 1. The van der Waals surface area contributed by atoms with Gasteiger partial charge in [0.1, 0.15) is 18.0 Å². The summed E-state index contributed by atoms with van der Waals surface area (Å²) in [5.41, 5.74) is 4.79. The Morgan fingerprint density at radius 2 is 1.68 bits per heavy atom. The number of carboxylic acid groups (broad SMARTS) is 1. The van der Waals surface area contributed by atoms with E-state index in [1.54, 1.807) is 18.0 Å². The molecule has 0 saturated heterocycles. The lowest BCUT2D eigenvalue weighted by Crippen LogP contribution is -2.34. The molecule has 4 rings (SSSR count). The van der Waals surface area contributed by atoms with Crippen molar-refractivity contribution in [3.05, 3.63) is 83.6 Å². The molecule has 3 aromatic rings. The van der Waals surface area contributed by atoms with Crippen molar-refractivity contribution in [2.75, 3.05) is 31.6 Å². The lowest BCUT2D eigenvalue weighted by atomic mass is 9.98. The third kappa shape index (κ3) is 4.21. The molecule has 0 saturated carbocycles. The number of ether oxygens (including phenoxy) is 1. The van der Waals surface area contributed by atoms with Crippen LogP contribution in [-0.2, 0) is 4.74 Å². The van der Waals surface area contributed by atoms with Gasteiger partial charge in [-0.1, -0.05) is 48.5 Å². The van der Waals surface area contributed by atoms with E-state index in [0.717, 1.165) is 11.1 Å². The van der Waals surface area contributed by atoms with Crippen molar-refractivity contribution in [3.8, 4) is 11.1 Å². The maximum absolute atomic E-state index is 12.3. The molecule has 0 aliphatic heterocycles. The van der Waals surface area contributed by atoms with Crippen LogP contribution in [0.1, 0.15) is 27.4 Å². The summed E-state index contributed by atoms with van der Waals surface area (Å²) in [5, 5.41) is 12.0. The van der Waals surface area contributed by atoms with E-state index in [1.807, 2.05) is 24.3 Å². The van der Waals surface area contributed by atoms with Crippen LogP contribution in [0.2, 0.25) is 0 Å². The number of carbonyl (C=O) groups excluding carboxylic acids is 1. The van der Waals surface area contributed by atoms with Crippen molar-refractivity contribution >= 4 is 17.9 Å². The summed E-state index contributed by atoms with van der Waals surface area (Å²) in [6, 6.07) is 19.4. The second-order valence-electron chi connectivity index (χ2n) is 7.35. The first-order valence-electron chi connectivity index (χ1n) is 10.0. The minimum atomic E-state index is -1.04. The Morgan fingerprint density at radius 1 is 1.03 bits per heavy atom. The molecular weight excluding hydrogens is 394 g/mol. The minimum Gasteiger partial charge on any atom is -0.478 e. The highest BCUT2D eigenvalue weighted by molar-refractivity contribution is 5.93. The first kappa shape index (κ1) is 20.4. The summed E-state index contributed by atoms with van der Waals surface area (Å²) < 4.78 is 5.51. The largest absolute Gasteiger partial charge is 0.478 e. The van der Waals surface area contributed by atoms with Crippen molar-refractivity contribution in [1.29, 1.82) is 0 Å². The number of nitrogens with one attached hydrogen (secondary N) is 1. The van der Waals surface area contributed by atoms with Crippen molar-refractivity contribution < 1.29 is 19.4 Å². The van der Waals surface area contributed by atoms with Gasteiger partial charge < -0.3 is 20.1 Å². The molecule has 2 N–H and O–H groups in total. The van der Waals surface area contributed by atoms with E-state index in [9.17, 15) is 14.7 Å². The zero-order valence-electron chi connectivity index (χ0n) is 17.1. The third-order valence-corrected chi connectivity index (χ3v) is 5.44. The third-order valence-electron chi connectivity index (χ3n) is 5.44. The number of benzene rings is 2. The molecule has 0 atom stereocenters. The summed E-state index contributed by atoms with van der Waals surface area (Å²) in [7, 11) is 1.73. The summed E-state index contributed by atoms with van der Waals surface area (Å²) in [6.07, 6.45) is 1.03. The molecule has 158 valence electrons. The van der Waals surface area contributed by atoms with E-state index in [0.29, 0.717) is 18.9 Å². The average molecular weight is 417 g/mol. The number of hydrogen-bond donors (Lipinski definition) is 2. The molecule has 2 aromatic carbocycles. The van der Waals surface area contributed by atoms with Gasteiger partial charge in [-0.3, -0.25) is 0 Å². The highest BCUT2D eigenvalue weighted by Gasteiger charge is 2.29. The van der Waals surface area contributed by atoms with Gasteiger partial charge in [0.05, 0.1) is 0 Å². The molecule has 0 bridgehead atoms. The molecule has 0 radical (unpaired) electrons. The van der Waals surface area contributed by atoms with Crippen LogP contribution in [0.5, 0.6) is 0 Å². The lowest BCUT2D eigenvalue weighted by Gasteiger charge is -2.20. The number of carboxylic acids is 1. The molecule has 0 unspecified atom stereocenters. The smallest absolute Gasteiger partial charge is 0.407 e. The molecule has 1 heterocycles. The van der Waals surface area contributed by atoms with E-state index in [4.69, 9.17) is 4.74 Å². The summed E-state index contributed by atoms with van der Waals surface area (Å²) in [4.78, 5) is 29.4. The first-order chi connectivity index (χ1) is 15.1. The number of likely N-dealkylation sites (N-methyl/N-ethyl adjacent to an activating group) is 1. The van der Waals surface area contributed by atoms with Gasteiger partial charge in [0, 0.05) is 32.3 Å². The number of nitrogens with zero attached hydrogens (tertiary/aromatic N) is 2. The molecule has 1 amide bonds. The number of carbonyl (C=O) groups is 2. The van der Waals surface area contributed by atoms with Gasteiger partial charge in [0.15, 0.2) is 0 Å². The van der Waals surface area contributed by atoms with E-state index in [1.165, 1.54) is 23.4 Å². The second-order valence-corrected chi connectivity index (χ2v) is 7.35. The quantitative estimate of drug-likeness (QED) is 0.608. The lowest BCUT2D eigenvalue weighted by molar-refractivity contribution is 0.0697. The van der Waals surface area contributed by atoms with Gasteiger partial charge in [-0.05, 0) is 34.4 Å². The highest BCUT2D eigenvalue weighted by atomic mass is 16.5. The monoisotopic (exact) mass is 417 g/mol. The van der Waals surface area contributed by atoms with Crippen molar-refractivity contribution in [3.63, 3.8) is 0 Å². The van der Waals surface area contributed by atoms with Crippen LogP contribution in [0, 0.1) is 0 Å². The molecule has 7 heteroatoms. The van der Waals surface area contributed by atoms with Gasteiger partial charge in [0.2, 0.25) is 0 Å². The summed E-state index contributed by atoms with van der Waals surface area (Å²) in [6.45, 7) is 0.934. The predicted molar refractivity (Wildman–Crippen MR) is 118 cm³/mol. The first-order valence-corrected chi connectivity index (χ1v) is 10.0. The summed E-state index contributed by atoms with van der Waals surface area (Å²) >= 11 is 0. The highest BCUT2D eigenvalue weighted by Crippen LogP contribution is 2.44. The number of fused-ring (bicyclic) bond motifs is 3. The molecule has 1 aliphatic rings. The Morgan fingerprint density at radius 3 is 2.32 bits per heavy atom. The predicted octanol–water partition coefficient (Wildman–Crippen LogP) is 3.75. The van der Waals surface area contributed by atoms with Crippen LogP contribution in [0.4, 0.5) is 10.6 Å². The normalized spacial score (nSPS) is 12.0. The maximum atomic E-state index is 12.3. The minimum absolute atomic E-state index is 0.00691. The Labute approximate surface area is 180 Å². The van der Waals surface area contributed by atoms with E-state index < -0.39 is 12.1 Å². The van der Waals surface area contributed by atoms with Gasteiger partial charge in [-0.15, -0.1) is 0 Å². The topological polar surface area (TPSA) is 91.8 Å². The summed E-state index contributed by atoms with van der Waals surface area (Å²) in [5.74, 6) is -0.684. The fourth-order valence-electron chi connectivity index (χ4n) is 3.95. The molecule has 31 heavy (non-hydrogen) atoms. The Bertz CT molecular complexity index is 1070. The fraction of sp³-hybridized carbons (Fsp3) is 0.208. The van der Waals surface area contributed by atoms with Gasteiger partial charge >= 0.3 is 12.1 Å². The Kier molecular flexibility index (Phi) is 5.84. The second kappa shape index (κ2) is 8.87. The number of alkyl carbamates (subject to hydrolysis) is 1. The number of amides is 1. The molecule has 0 spiro atoms. The Balaban J connectivity index is 1.32. The molecule has 7 nitrogen and oxygen atoms in total. The van der Waals surface area contributed by atoms with Crippen molar-refractivity contribution in [2.24, 2.45) is 0 Å². The molecule has 1 aliphatic carbocycles. The van der Waals surface area contributed by atoms with E-state index in [-0.39, 0.29) is 18.1 Å². The SMILES string of the molecule is CN(CCNC(=O)OCC1c2ccccc2-c2ccccc21)c1ncccc1C(=O)O. The van der Waals surface area contributed by atoms with E-state index >= 15 is 0 Å². The van der Waals surface area contributed by atoms with Gasteiger partial charge in [0.25, 0.3) is 0 Å². The number of anilines is 1.